The van der Waals surface area contributed by atoms with Gasteiger partial charge in [0, 0.05) is 54.2 Å². The van der Waals surface area contributed by atoms with E-state index in [0.717, 1.165) is 39.5 Å². The van der Waals surface area contributed by atoms with E-state index in [9.17, 15) is 0 Å². The van der Waals surface area contributed by atoms with Gasteiger partial charge in [-0.25, -0.2) is 9.97 Å². The standard InChI is InChI=1S/C45H28BN3S2/c1-3-10-29(11-4-1)38-27-39(30-12-5-2-6-13-30)49-45(48-38)34-20-22-40-37(25-34)46-36-21-19-33(26-43(36)51-42-18-8-17-41(50-40)44(42)46)31-14-7-15-32(24-31)35-16-9-23-47-28-35/h1-28H. The fraction of sp³-hybridized carbons (Fsp3) is 0. The molecule has 0 atom stereocenters. The second kappa shape index (κ2) is 12.6. The molecule has 6 heteroatoms. The second-order valence-corrected chi connectivity index (χ2v) is 15.0. The van der Waals surface area contributed by atoms with Crippen molar-refractivity contribution in [1.29, 1.82) is 0 Å². The molecule has 0 bridgehead atoms. The van der Waals surface area contributed by atoms with Crippen molar-refractivity contribution < 1.29 is 0 Å². The first-order valence-electron chi connectivity index (χ1n) is 17.0. The molecule has 2 aromatic heterocycles. The minimum absolute atomic E-state index is 0.116. The molecule has 10 rings (SSSR count). The van der Waals surface area contributed by atoms with Crippen LogP contribution < -0.4 is 16.4 Å². The number of benzene rings is 6. The fourth-order valence-corrected chi connectivity index (χ4v) is 9.68. The Kier molecular flexibility index (Phi) is 7.44. The first-order valence-corrected chi connectivity index (χ1v) is 18.7. The maximum absolute atomic E-state index is 5.17. The third-order valence-corrected chi connectivity index (χ3v) is 12.0. The van der Waals surface area contributed by atoms with E-state index < -0.39 is 0 Å². The molecule has 6 aromatic carbocycles. The van der Waals surface area contributed by atoms with Gasteiger partial charge in [-0.05, 0) is 64.6 Å². The molecule has 238 valence electrons. The predicted molar refractivity (Wildman–Crippen MR) is 213 cm³/mol. The van der Waals surface area contributed by atoms with Gasteiger partial charge in [0.05, 0.1) is 11.4 Å². The van der Waals surface area contributed by atoms with Gasteiger partial charge < -0.3 is 0 Å². The summed E-state index contributed by atoms with van der Waals surface area (Å²) in [7, 11) is 0. The van der Waals surface area contributed by atoms with Gasteiger partial charge in [-0.1, -0.05) is 150 Å². The maximum atomic E-state index is 5.17. The molecule has 51 heavy (non-hydrogen) atoms. The van der Waals surface area contributed by atoms with Crippen LogP contribution >= 0.6 is 23.5 Å². The van der Waals surface area contributed by atoms with Gasteiger partial charge >= 0.3 is 0 Å². The quantitative estimate of drug-likeness (QED) is 0.169. The van der Waals surface area contributed by atoms with Crippen LogP contribution in [-0.2, 0) is 0 Å². The highest BCUT2D eigenvalue weighted by atomic mass is 32.2. The van der Waals surface area contributed by atoms with Crippen LogP contribution in [0, 0.1) is 0 Å². The van der Waals surface area contributed by atoms with E-state index in [1.807, 2.05) is 54.1 Å². The van der Waals surface area contributed by atoms with Gasteiger partial charge in [0.25, 0.3) is 0 Å². The molecule has 0 amide bonds. The van der Waals surface area contributed by atoms with Crippen LogP contribution in [0.15, 0.2) is 190 Å². The SMILES string of the molecule is c1ccc(-c2cc(-c3ccccc3)nc(-c3ccc4c(c3)B3c5ccc(-c6cccc(-c7cccnc7)c6)cc5Sc5cccc(c53)S4)n2)cc1. The molecule has 2 aliphatic heterocycles. The lowest BCUT2D eigenvalue weighted by Crippen LogP contribution is -2.58. The van der Waals surface area contributed by atoms with E-state index in [2.05, 4.69) is 145 Å². The van der Waals surface area contributed by atoms with Crippen molar-refractivity contribution in [3.05, 3.63) is 170 Å². The van der Waals surface area contributed by atoms with Crippen LogP contribution in [-0.4, -0.2) is 21.7 Å². The van der Waals surface area contributed by atoms with Crippen molar-refractivity contribution in [3.8, 4) is 56.2 Å². The van der Waals surface area contributed by atoms with Crippen molar-refractivity contribution >= 4 is 46.6 Å². The first kappa shape index (κ1) is 30.2. The van der Waals surface area contributed by atoms with Crippen molar-refractivity contribution in [2.24, 2.45) is 0 Å². The Labute approximate surface area is 306 Å². The Morgan fingerprint density at radius 3 is 1.71 bits per heavy atom. The molecular weight excluding hydrogens is 657 g/mol. The number of aromatic nitrogens is 3. The summed E-state index contributed by atoms with van der Waals surface area (Å²) in [6.07, 6.45) is 3.74. The van der Waals surface area contributed by atoms with Gasteiger partial charge in [0.15, 0.2) is 5.82 Å². The molecule has 0 radical (unpaired) electrons. The highest BCUT2D eigenvalue weighted by molar-refractivity contribution is 8.01. The Balaban J connectivity index is 1.10. The smallest absolute Gasteiger partial charge is 0.247 e. The molecule has 0 aliphatic carbocycles. The molecule has 2 aliphatic rings. The number of fused-ring (bicyclic) bond motifs is 4. The summed E-state index contributed by atoms with van der Waals surface area (Å²) in [6.45, 7) is 0.116. The van der Waals surface area contributed by atoms with E-state index in [0.29, 0.717) is 0 Å². The molecule has 0 N–H and O–H groups in total. The van der Waals surface area contributed by atoms with Gasteiger partial charge in [-0.2, -0.15) is 0 Å². The van der Waals surface area contributed by atoms with E-state index in [4.69, 9.17) is 9.97 Å². The van der Waals surface area contributed by atoms with Crippen LogP contribution in [0.4, 0.5) is 0 Å². The lowest BCUT2D eigenvalue weighted by atomic mass is 9.36. The Morgan fingerprint density at radius 1 is 0.392 bits per heavy atom. The van der Waals surface area contributed by atoms with Gasteiger partial charge in [0.2, 0.25) is 6.71 Å². The molecule has 0 spiro atoms. The molecule has 0 fully saturated rings. The molecule has 0 saturated heterocycles. The highest BCUT2D eigenvalue weighted by Gasteiger charge is 2.38. The molecule has 3 nitrogen and oxygen atoms in total. The van der Waals surface area contributed by atoms with E-state index in [1.54, 1.807) is 0 Å². The van der Waals surface area contributed by atoms with Crippen molar-refractivity contribution in [1.82, 2.24) is 15.0 Å². The van der Waals surface area contributed by atoms with Crippen LogP contribution in [0.2, 0.25) is 0 Å². The van der Waals surface area contributed by atoms with Gasteiger partial charge in [0.1, 0.15) is 0 Å². The van der Waals surface area contributed by atoms with Gasteiger partial charge in [-0.3, -0.25) is 4.98 Å². The third kappa shape index (κ3) is 5.48. The highest BCUT2D eigenvalue weighted by Crippen LogP contribution is 2.40. The number of pyridine rings is 1. The second-order valence-electron chi connectivity index (χ2n) is 12.8. The zero-order chi connectivity index (χ0) is 33.7. The zero-order valence-electron chi connectivity index (χ0n) is 27.4. The summed E-state index contributed by atoms with van der Waals surface area (Å²) in [4.78, 5) is 19.9. The first-order chi connectivity index (χ1) is 25.2. The van der Waals surface area contributed by atoms with Crippen molar-refractivity contribution in [2.75, 3.05) is 0 Å². The monoisotopic (exact) mass is 685 g/mol. The summed E-state index contributed by atoms with van der Waals surface area (Å²) in [6, 6.07) is 56.3. The van der Waals surface area contributed by atoms with E-state index >= 15 is 0 Å². The largest absolute Gasteiger partial charge is 0.264 e. The molecule has 0 unspecified atom stereocenters. The summed E-state index contributed by atoms with van der Waals surface area (Å²) < 4.78 is 0. The Morgan fingerprint density at radius 2 is 1.00 bits per heavy atom. The molecule has 0 saturated carbocycles. The third-order valence-electron chi connectivity index (χ3n) is 9.71. The molecule has 4 heterocycles. The predicted octanol–water partition coefficient (Wildman–Crippen LogP) is 9.65. The summed E-state index contributed by atoms with van der Waals surface area (Å²) in [5, 5.41) is 0. The topological polar surface area (TPSA) is 38.7 Å². The minimum atomic E-state index is 0.116. The average Bonchev–Trinajstić information content (AvgIpc) is 3.21. The summed E-state index contributed by atoms with van der Waals surface area (Å²) in [5.74, 6) is 0.733. The lowest BCUT2D eigenvalue weighted by Gasteiger charge is -2.33. The summed E-state index contributed by atoms with van der Waals surface area (Å²) in [5.41, 5.74) is 13.8. The maximum Gasteiger partial charge on any atom is 0.247 e. The van der Waals surface area contributed by atoms with Crippen LogP contribution in [0.1, 0.15) is 0 Å². The number of hydrogen-bond acceptors (Lipinski definition) is 5. The normalized spacial score (nSPS) is 12.5. The fourth-order valence-electron chi connectivity index (χ4n) is 7.25. The molecular formula is C45H28BN3S2. The Bertz CT molecular complexity index is 2540. The average molecular weight is 686 g/mol. The van der Waals surface area contributed by atoms with E-state index in [-0.39, 0.29) is 6.71 Å². The lowest BCUT2D eigenvalue weighted by molar-refractivity contribution is 1.18. The molecule has 8 aromatic rings. The van der Waals surface area contributed by atoms with E-state index in [1.165, 1.54) is 52.7 Å². The van der Waals surface area contributed by atoms with Gasteiger partial charge in [-0.15, -0.1) is 0 Å². The summed E-state index contributed by atoms with van der Waals surface area (Å²) >= 11 is 3.75. The Hall–Kier alpha value is -5.69. The minimum Gasteiger partial charge on any atom is -0.264 e. The zero-order valence-corrected chi connectivity index (χ0v) is 29.0. The van der Waals surface area contributed by atoms with Crippen molar-refractivity contribution in [3.63, 3.8) is 0 Å². The number of nitrogens with zero attached hydrogens (tertiary/aromatic N) is 3. The van der Waals surface area contributed by atoms with Crippen LogP contribution in [0.3, 0.4) is 0 Å². The van der Waals surface area contributed by atoms with Crippen LogP contribution in [0.5, 0.6) is 0 Å². The van der Waals surface area contributed by atoms with Crippen LogP contribution in [0.25, 0.3) is 56.2 Å². The number of hydrogen-bond donors (Lipinski definition) is 0. The van der Waals surface area contributed by atoms with Crippen molar-refractivity contribution in [2.45, 2.75) is 19.6 Å². The number of rotatable bonds is 5.